The van der Waals surface area contributed by atoms with E-state index in [0.717, 1.165) is 11.3 Å². The Hall–Kier alpha value is -2.15. The largest absolute Gasteiger partial charge is 0.490 e. The maximum absolute atomic E-state index is 5.79. The molecule has 23 heavy (non-hydrogen) atoms. The lowest BCUT2D eigenvalue weighted by Crippen LogP contribution is -2.06. The molecule has 0 bridgehead atoms. The molecule has 0 saturated carbocycles. The van der Waals surface area contributed by atoms with Crippen LogP contribution in [0.1, 0.15) is 32.2 Å². The molecule has 124 valence electrons. The van der Waals surface area contributed by atoms with Gasteiger partial charge >= 0.3 is 0 Å². The van der Waals surface area contributed by atoms with Crippen molar-refractivity contribution in [2.75, 3.05) is 13.2 Å². The van der Waals surface area contributed by atoms with Gasteiger partial charge in [0.25, 0.3) is 0 Å². The molecule has 0 spiro atoms. The molecule has 0 atom stereocenters. The van der Waals surface area contributed by atoms with Gasteiger partial charge in [-0.25, -0.2) is 0 Å². The molecule has 0 unspecified atom stereocenters. The van der Waals surface area contributed by atoms with Gasteiger partial charge in [0.15, 0.2) is 11.5 Å². The Morgan fingerprint density at radius 1 is 1.35 bits per heavy atom. The Morgan fingerprint density at radius 2 is 2.13 bits per heavy atom. The number of hydrogen-bond acceptors (Lipinski definition) is 5. The number of H-pyrrole nitrogens is 1. The van der Waals surface area contributed by atoms with E-state index < -0.39 is 0 Å². The Morgan fingerprint density at radius 3 is 2.74 bits per heavy atom. The van der Waals surface area contributed by atoms with Gasteiger partial charge in [-0.2, -0.15) is 14.9 Å². The second kappa shape index (κ2) is 7.92. The first-order valence-electron chi connectivity index (χ1n) is 7.59. The number of nitrogens with zero attached hydrogens (tertiary/aromatic N) is 3. The molecule has 0 aliphatic carbocycles. The van der Waals surface area contributed by atoms with Crippen LogP contribution >= 0.6 is 12.2 Å². The Labute approximate surface area is 141 Å². The number of ether oxygens (including phenoxy) is 2. The zero-order chi connectivity index (χ0) is 16.8. The smallest absolute Gasteiger partial charge is 0.216 e. The summed E-state index contributed by atoms with van der Waals surface area (Å²) in [6.07, 6.45) is 1.72. The highest BCUT2D eigenvalue weighted by molar-refractivity contribution is 7.71. The number of aromatic amines is 1. The van der Waals surface area contributed by atoms with Gasteiger partial charge in [-0.3, -0.25) is 5.10 Å². The molecule has 0 aliphatic rings. The first kappa shape index (κ1) is 17.2. The fourth-order valence-electron chi connectivity index (χ4n) is 1.88. The normalized spacial score (nSPS) is 11.3. The second-order valence-electron chi connectivity index (χ2n) is 5.48. The van der Waals surface area contributed by atoms with Crippen LogP contribution in [0.25, 0.3) is 0 Å². The minimum Gasteiger partial charge on any atom is -0.490 e. The summed E-state index contributed by atoms with van der Waals surface area (Å²) in [4.78, 5) is 0. The van der Waals surface area contributed by atoms with E-state index in [0.29, 0.717) is 35.5 Å². The topological polar surface area (TPSA) is 64.4 Å². The van der Waals surface area contributed by atoms with E-state index in [4.69, 9.17) is 21.7 Å². The average molecular weight is 334 g/mol. The van der Waals surface area contributed by atoms with Crippen molar-refractivity contribution < 1.29 is 9.47 Å². The number of hydrogen-bond donors (Lipinski definition) is 1. The van der Waals surface area contributed by atoms with Crippen LogP contribution in [-0.2, 0) is 0 Å². The molecule has 0 fully saturated rings. The summed E-state index contributed by atoms with van der Waals surface area (Å²) in [6.45, 7) is 9.22. The summed E-state index contributed by atoms with van der Waals surface area (Å²) >= 11 is 5.12. The summed E-state index contributed by atoms with van der Waals surface area (Å²) < 4.78 is 13.5. The molecule has 0 amide bonds. The maximum atomic E-state index is 5.79. The lowest BCUT2D eigenvalue weighted by Gasteiger charge is -2.13. The van der Waals surface area contributed by atoms with Crippen molar-refractivity contribution in [3.05, 3.63) is 34.4 Å². The van der Waals surface area contributed by atoms with Crippen molar-refractivity contribution in [2.45, 2.75) is 27.7 Å². The number of nitrogens with one attached hydrogen (secondary N) is 1. The van der Waals surface area contributed by atoms with Gasteiger partial charge in [-0.1, -0.05) is 13.8 Å². The van der Waals surface area contributed by atoms with E-state index in [1.54, 1.807) is 10.9 Å². The molecule has 0 aliphatic heterocycles. The molecule has 0 radical (unpaired) electrons. The molecule has 1 aromatic carbocycles. The predicted molar refractivity (Wildman–Crippen MR) is 93.1 cm³/mol. The van der Waals surface area contributed by atoms with Gasteiger partial charge in [0.1, 0.15) is 5.82 Å². The van der Waals surface area contributed by atoms with Gasteiger partial charge in [-0.05, 0) is 55.7 Å². The highest BCUT2D eigenvalue weighted by Crippen LogP contribution is 2.28. The lowest BCUT2D eigenvalue weighted by atomic mass is 10.2. The monoisotopic (exact) mass is 334 g/mol. The van der Waals surface area contributed by atoms with Crippen LogP contribution in [0.5, 0.6) is 11.5 Å². The average Bonchev–Trinajstić information content (AvgIpc) is 2.83. The molecule has 2 rings (SSSR count). The zero-order valence-electron chi connectivity index (χ0n) is 13.9. The van der Waals surface area contributed by atoms with E-state index in [1.807, 2.05) is 32.0 Å². The summed E-state index contributed by atoms with van der Waals surface area (Å²) in [7, 11) is 0. The highest BCUT2D eigenvalue weighted by atomic mass is 32.1. The van der Waals surface area contributed by atoms with Crippen LogP contribution in [-0.4, -0.2) is 34.3 Å². The lowest BCUT2D eigenvalue weighted by molar-refractivity contribution is 0.248. The number of aryl methyl sites for hydroxylation is 1. The highest BCUT2D eigenvalue weighted by Gasteiger charge is 2.07. The molecule has 1 N–H and O–H groups in total. The molecule has 0 saturated heterocycles. The van der Waals surface area contributed by atoms with Gasteiger partial charge < -0.3 is 9.47 Å². The molecular formula is C16H22N4O2S. The van der Waals surface area contributed by atoms with E-state index in [1.165, 1.54) is 0 Å². The Balaban J connectivity index is 2.23. The van der Waals surface area contributed by atoms with Gasteiger partial charge in [0.05, 0.1) is 19.4 Å². The van der Waals surface area contributed by atoms with Crippen molar-refractivity contribution in [1.82, 2.24) is 14.9 Å². The van der Waals surface area contributed by atoms with Crippen LogP contribution < -0.4 is 9.47 Å². The minimum atomic E-state index is 0.455. The fraction of sp³-hybridized carbons (Fsp3) is 0.438. The third kappa shape index (κ3) is 4.66. The van der Waals surface area contributed by atoms with Gasteiger partial charge in [0.2, 0.25) is 4.77 Å². The van der Waals surface area contributed by atoms with Crippen LogP contribution in [0.4, 0.5) is 0 Å². The zero-order valence-corrected chi connectivity index (χ0v) is 14.7. The van der Waals surface area contributed by atoms with Crippen molar-refractivity contribution >= 4 is 18.4 Å². The van der Waals surface area contributed by atoms with E-state index in [-0.39, 0.29) is 0 Å². The van der Waals surface area contributed by atoms with Crippen molar-refractivity contribution in [3.63, 3.8) is 0 Å². The molecule has 2 aromatic rings. The van der Waals surface area contributed by atoms with Crippen LogP contribution in [0.3, 0.4) is 0 Å². The summed E-state index contributed by atoms with van der Waals surface area (Å²) in [5.41, 5.74) is 0.896. The standard InChI is InChI=1S/C16H22N4O2S/c1-5-21-15-8-13(6-7-14(15)22-10-11(2)3)9-17-20-12(4)18-19-16(20)23/h6-9,11H,5,10H2,1-4H3,(H,19,23)/b17-9-. The number of rotatable bonds is 7. The van der Waals surface area contributed by atoms with Gasteiger partial charge in [0, 0.05) is 0 Å². The third-order valence-corrected chi connectivity index (χ3v) is 3.24. The molecular weight excluding hydrogens is 312 g/mol. The summed E-state index contributed by atoms with van der Waals surface area (Å²) in [5.74, 6) is 2.61. The SMILES string of the molecule is CCOc1cc(/C=N\n2c(C)n[nH]c2=S)ccc1OCC(C)C. The summed E-state index contributed by atoms with van der Waals surface area (Å²) in [5, 5.41) is 11.1. The summed E-state index contributed by atoms with van der Waals surface area (Å²) in [6, 6.07) is 5.73. The molecule has 1 aromatic heterocycles. The van der Waals surface area contributed by atoms with Crippen molar-refractivity contribution in [1.29, 1.82) is 0 Å². The number of benzene rings is 1. The van der Waals surface area contributed by atoms with Crippen molar-refractivity contribution in [2.24, 2.45) is 11.0 Å². The molecule has 6 nitrogen and oxygen atoms in total. The quantitative estimate of drug-likeness (QED) is 0.621. The number of aromatic nitrogens is 3. The van der Waals surface area contributed by atoms with Crippen LogP contribution in [0, 0.1) is 17.6 Å². The molecule has 1 heterocycles. The van der Waals surface area contributed by atoms with Crippen molar-refractivity contribution in [3.8, 4) is 11.5 Å². The first-order valence-corrected chi connectivity index (χ1v) is 8.00. The van der Waals surface area contributed by atoms with E-state index in [9.17, 15) is 0 Å². The van der Waals surface area contributed by atoms with Crippen LogP contribution in [0.2, 0.25) is 0 Å². The third-order valence-electron chi connectivity index (χ3n) is 2.97. The van der Waals surface area contributed by atoms with Crippen LogP contribution in [0.15, 0.2) is 23.3 Å². The first-order chi connectivity index (χ1) is 11.0. The second-order valence-corrected chi connectivity index (χ2v) is 5.86. The van der Waals surface area contributed by atoms with Gasteiger partial charge in [-0.15, -0.1) is 0 Å². The maximum Gasteiger partial charge on any atom is 0.216 e. The molecule has 7 heteroatoms. The van der Waals surface area contributed by atoms with E-state index >= 15 is 0 Å². The minimum absolute atomic E-state index is 0.455. The Bertz CT molecular complexity index is 734. The van der Waals surface area contributed by atoms with E-state index in [2.05, 4.69) is 29.1 Å². The fourth-order valence-corrected chi connectivity index (χ4v) is 2.10. The Kier molecular flexibility index (Phi) is 5.92. The predicted octanol–water partition coefficient (Wildman–Crippen LogP) is 3.56.